The van der Waals surface area contributed by atoms with Crippen LogP contribution in [0.25, 0.3) is 0 Å². The van der Waals surface area contributed by atoms with E-state index in [0.717, 1.165) is 12.8 Å². The molecule has 0 aromatic rings. The normalized spacial score (nSPS) is 21.3. The van der Waals surface area contributed by atoms with Crippen molar-refractivity contribution in [2.24, 2.45) is 5.41 Å². The van der Waals surface area contributed by atoms with Crippen molar-refractivity contribution in [3.8, 4) is 11.8 Å². The van der Waals surface area contributed by atoms with Gasteiger partial charge in [0.1, 0.15) is 0 Å². The Kier molecular flexibility index (Phi) is 2.11. The van der Waals surface area contributed by atoms with Crippen LogP contribution in [-0.2, 0) is 4.79 Å². The first-order valence-corrected chi connectivity index (χ1v) is 3.73. The van der Waals surface area contributed by atoms with Gasteiger partial charge in [0.2, 0.25) is 0 Å². The van der Waals surface area contributed by atoms with Crippen molar-refractivity contribution in [1.82, 2.24) is 0 Å². The van der Waals surface area contributed by atoms with Crippen molar-refractivity contribution < 1.29 is 4.79 Å². The molecular formula is C9H12O. The van der Waals surface area contributed by atoms with Crippen LogP contribution in [-0.4, -0.2) is 6.29 Å². The molecule has 0 heterocycles. The number of hydrogen-bond donors (Lipinski definition) is 0. The minimum Gasteiger partial charge on any atom is -0.289 e. The van der Waals surface area contributed by atoms with E-state index in [4.69, 9.17) is 0 Å². The molecule has 54 valence electrons. The van der Waals surface area contributed by atoms with E-state index in [-0.39, 0.29) is 5.41 Å². The summed E-state index contributed by atoms with van der Waals surface area (Å²) in [4.78, 5) is 9.93. The predicted octanol–water partition coefficient (Wildman–Crippen LogP) is 1.77. The monoisotopic (exact) mass is 136 g/mol. The fourth-order valence-corrected chi connectivity index (χ4v) is 1.48. The minimum absolute atomic E-state index is 0.154. The van der Waals surface area contributed by atoms with E-state index in [1.807, 2.05) is 0 Å². The summed E-state index contributed by atoms with van der Waals surface area (Å²) in [6, 6.07) is 0. The zero-order chi connectivity index (χ0) is 7.45. The first kappa shape index (κ1) is 7.34. The molecule has 1 nitrogen and oxygen atoms in total. The Morgan fingerprint density at radius 1 is 1.40 bits per heavy atom. The fraction of sp³-hybridized carbons (Fsp3) is 0.667. The van der Waals surface area contributed by atoms with Gasteiger partial charge in [-0.15, -0.1) is 0 Å². The van der Waals surface area contributed by atoms with Crippen molar-refractivity contribution in [3.05, 3.63) is 0 Å². The van der Waals surface area contributed by atoms with Crippen molar-refractivity contribution in [1.29, 1.82) is 0 Å². The molecule has 0 spiro atoms. The molecule has 1 aliphatic carbocycles. The standard InChI is InChI=1S/C9H12O/c1-9(7-4-8-10)5-2-3-6-9/h8H,2-3,5-6H2,1H3. The Balaban J connectivity index is 2.58. The van der Waals surface area contributed by atoms with Crippen LogP contribution in [0.1, 0.15) is 32.6 Å². The number of carbonyl (C=O) groups is 1. The molecule has 0 atom stereocenters. The number of rotatable bonds is 0. The van der Waals surface area contributed by atoms with E-state index in [1.54, 1.807) is 0 Å². The summed E-state index contributed by atoms with van der Waals surface area (Å²) in [5.41, 5.74) is 0.154. The van der Waals surface area contributed by atoms with Gasteiger partial charge < -0.3 is 0 Å². The van der Waals surface area contributed by atoms with E-state index in [2.05, 4.69) is 18.8 Å². The lowest BCUT2D eigenvalue weighted by Crippen LogP contribution is -2.06. The lowest BCUT2D eigenvalue weighted by Gasteiger charge is -2.13. The largest absolute Gasteiger partial charge is 0.289 e. The zero-order valence-electron chi connectivity index (χ0n) is 6.31. The van der Waals surface area contributed by atoms with Gasteiger partial charge in [-0.05, 0) is 25.7 Å². The number of aldehydes is 1. The smallest absolute Gasteiger partial charge is 0.192 e. The van der Waals surface area contributed by atoms with Crippen molar-refractivity contribution in [3.63, 3.8) is 0 Å². The molecule has 10 heavy (non-hydrogen) atoms. The molecule has 0 aromatic heterocycles. The van der Waals surface area contributed by atoms with Crippen LogP contribution >= 0.6 is 0 Å². The Bertz CT molecular complexity index is 177. The molecule has 0 saturated heterocycles. The van der Waals surface area contributed by atoms with Crippen LogP contribution in [0.4, 0.5) is 0 Å². The van der Waals surface area contributed by atoms with Crippen LogP contribution in [0.3, 0.4) is 0 Å². The minimum atomic E-state index is 0.154. The van der Waals surface area contributed by atoms with Gasteiger partial charge >= 0.3 is 0 Å². The summed E-state index contributed by atoms with van der Waals surface area (Å²) in [5.74, 6) is 5.49. The first-order chi connectivity index (χ1) is 4.77. The van der Waals surface area contributed by atoms with Crippen molar-refractivity contribution in [2.75, 3.05) is 0 Å². The Morgan fingerprint density at radius 2 is 2.00 bits per heavy atom. The van der Waals surface area contributed by atoms with E-state index in [1.165, 1.54) is 12.8 Å². The summed E-state index contributed by atoms with van der Waals surface area (Å²) in [7, 11) is 0. The van der Waals surface area contributed by atoms with Gasteiger partial charge in [0.25, 0.3) is 0 Å². The SMILES string of the molecule is CC1(C#CC=O)CCCC1. The molecule has 1 rings (SSSR count). The second kappa shape index (κ2) is 2.88. The maximum Gasteiger partial charge on any atom is 0.192 e. The lowest BCUT2D eigenvalue weighted by molar-refractivity contribution is -0.103. The summed E-state index contributed by atoms with van der Waals surface area (Å²) >= 11 is 0. The highest BCUT2D eigenvalue weighted by molar-refractivity contribution is 5.72. The highest BCUT2D eigenvalue weighted by atomic mass is 16.1. The highest BCUT2D eigenvalue weighted by Gasteiger charge is 2.25. The average Bonchev–Trinajstić information content (AvgIpc) is 2.33. The predicted molar refractivity (Wildman–Crippen MR) is 40.4 cm³/mol. The van der Waals surface area contributed by atoms with Gasteiger partial charge in [0.15, 0.2) is 6.29 Å². The quantitative estimate of drug-likeness (QED) is 0.366. The maximum atomic E-state index is 9.93. The van der Waals surface area contributed by atoms with Gasteiger partial charge in [-0.1, -0.05) is 18.8 Å². The molecule has 1 fully saturated rings. The number of hydrogen-bond acceptors (Lipinski definition) is 1. The molecular weight excluding hydrogens is 124 g/mol. The molecule has 0 unspecified atom stereocenters. The van der Waals surface area contributed by atoms with E-state index < -0.39 is 0 Å². The highest BCUT2D eigenvalue weighted by Crippen LogP contribution is 2.36. The third-order valence-electron chi connectivity index (χ3n) is 2.14. The number of carbonyl (C=O) groups excluding carboxylic acids is 1. The molecule has 0 aliphatic heterocycles. The van der Waals surface area contributed by atoms with Crippen molar-refractivity contribution >= 4 is 6.29 Å². The molecule has 0 bridgehead atoms. The molecule has 0 amide bonds. The van der Waals surface area contributed by atoms with Crippen LogP contribution in [0.15, 0.2) is 0 Å². The van der Waals surface area contributed by atoms with Crippen LogP contribution in [0.2, 0.25) is 0 Å². The summed E-state index contributed by atoms with van der Waals surface area (Å²) in [5, 5.41) is 0. The molecule has 0 N–H and O–H groups in total. The second-order valence-corrected chi connectivity index (χ2v) is 3.15. The maximum absolute atomic E-state index is 9.93. The third kappa shape index (κ3) is 1.60. The van der Waals surface area contributed by atoms with Gasteiger partial charge in [0.05, 0.1) is 0 Å². The molecule has 1 heteroatoms. The van der Waals surface area contributed by atoms with E-state index >= 15 is 0 Å². The fourth-order valence-electron chi connectivity index (χ4n) is 1.48. The van der Waals surface area contributed by atoms with Crippen LogP contribution in [0, 0.1) is 17.3 Å². The Labute approximate surface area is 61.8 Å². The zero-order valence-corrected chi connectivity index (χ0v) is 6.31. The summed E-state index contributed by atoms with van der Waals surface area (Å²) in [6.45, 7) is 2.14. The van der Waals surface area contributed by atoms with Crippen molar-refractivity contribution in [2.45, 2.75) is 32.6 Å². The molecule has 0 radical (unpaired) electrons. The van der Waals surface area contributed by atoms with Gasteiger partial charge in [-0.3, -0.25) is 4.79 Å². The topological polar surface area (TPSA) is 17.1 Å². The summed E-state index contributed by atoms with van der Waals surface area (Å²) < 4.78 is 0. The molecule has 1 saturated carbocycles. The lowest BCUT2D eigenvalue weighted by atomic mass is 9.90. The molecule has 0 aromatic carbocycles. The van der Waals surface area contributed by atoms with E-state index in [0.29, 0.717) is 6.29 Å². The first-order valence-electron chi connectivity index (χ1n) is 3.73. The summed E-state index contributed by atoms with van der Waals surface area (Å²) in [6.07, 6.45) is 5.54. The Hall–Kier alpha value is -0.770. The van der Waals surface area contributed by atoms with Crippen LogP contribution in [0.5, 0.6) is 0 Å². The van der Waals surface area contributed by atoms with Gasteiger partial charge in [-0.25, -0.2) is 0 Å². The van der Waals surface area contributed by atoms with Crippen LogP contribution < -0.4 is 0 Å². The third-order valence-corrected chi connectivity index (χ3v) is 2.14. The Morgan fingerprint density at radius 3 is 2.50 bits per heavy atom. The molecule has 1 aliphatic rings. The van der Waals surface area contributed by atoms with E-state index in [9.17, 15) is 4.79 Å². The van der Waals surface area contributed by atoms with Gasteiger partial charge in [-0.2, -0.15) is 0 Å². The second-order valence-electron chi connectivity index (χ2n) is 3.15. The van der Waals surface area contributed by atoms with Gasteiger partial charge in [0, 0.05) is 5.41 Å². The average molecular weight is 136 g/mol.